The fraction of sp³-hybridized carbons (Fsp3) is 0. The van der Waals surface area contributed by atoms with Crippen molar-refractivity contribution in [3.63, 3.8) is 0 Å². The second-order valence-corrected chi connectivity index (χ2v) is 1.83. The van der Waals surface area contributed by atoms with Crippen LogP contribution < -0.4 is 0 Å². The summed E-state index contributed by atoms with van der Waals surface area (Å²) in [4.78, 5) is 0. The number of hydrogen-bond donors (Lipinski definition) is 0. The first-order valence-corrected chi connectivity index (χ1v) is 2.83. The Morgan fingerprint density at radius 1 is 1.70 bits per heavy atom. The molecule has 2 aromatic rings. The third kappa shape index (κ3) is 0.500. The van der Waals surface area contributed by atoms with Crippen LogP contribution in [0.2, 0.25) is 0 Å². The normalized spacial score (nSPS) is 10.4. The molecule has 0 saturated heterocycles. The fourth-order valence-corrected chi connectivity index (χ4v) is 0.788. The Morgan fingerprint density at radius 3 is 3.40 bits per heavy atom. The van der Waals surface area contributed by atoms with Crippen LogP contribution in [-0.2, 0) is 0 Å². The Labute approximate surface area is 56.7 Å². The Morgan fingerprint density at radius 2 is 2.60 bits per heavy atom. The molecule has 0 amide bonds. The first-order valence-electron chi connectivity index (χ1n) is 2.83. The average molecular weight is 135 g/mol. The Balaban J connectivity index is 2.88. The SMILES string of the molecule is C=Cc1noc2ccnn12. The van der Waals surface area contributed by atoms with Crippen molar-refractivity contribution < 1.29 is 4.52 Å². The molecule has 2 rings (SSSR count). The van der Waals surface area contributed by atoms with Gasteiger partial charge in [-0.05, 0) is 6.08 Å². The molecule has 4 heteroatoms. The highest BCUT2D eigenvalue weighted by atomic mass is 16.5. The van der Waals surface area contributed by atoms with Gasteiger partial charge in [-0.25, -0.2) is 0 Å². The number of nitrogens with zero attached hydrogens (tertiary/aromatic N) is 3. The van der Waals surface area contributed by atoms with Crippen LogP contribution >= 0.6 is 0 Å². The topological polar surface area (TPSA) is 43.3 Å². The van der Waals surface area contributed by atoms with E-state index in [2.05, 4.69) is 16.8 Å². The molecule has 2 aromatic heterocycles. The molecule has 0 radical (unpaired) electrons. The van der Waals surface area contributed by atoms with E-state index in [9.17, 15) is 0 Å². The summed E-state index contributed by atoms with van der Waals surface area (Å²) in [6, 6.07) is 1.74. The van der Waals surface area contributed by atoms with Gasteiger partial charge in [0.25, 0.3) is 5.71 Å². The molecule has 0 atom stereocenters. The summed E-state index contributed by atoms with van der Waals surface area (Å²) < 4.78 is 6.44. The van der Waals surface area contributed by atoms with E-state index in [1.54, 1.807) is 22.9 Å². The summed E-state index contributed by atoms with van der Waals surface area (Å²) in [5.41, 5.74) is 0.634. The van der Waals surface area contributed by atoms with Gasteiger partial charge >= 0.3 is 0 Å². The van der Waals surface area contributed by atoms with Crippen molar-refractivity contribution in [2.24, 2.45) is 0 Å². The quantitative estimate of drug-likeness (QED) is 0.585. The first-order chi connectivity index (χ1) is 4.92. The maximum absolute atomic E-state index is 4.86. The predicted molar refractivity (Wildman–Crippen MR) is 35.3 cm³/mol. The monoisotopic (exact) mass is 135 g/mol. The van der Waals surface area contributed by atoms with Crippen LogP contribution in [0.5, 0.6) is 0 Å². The van der Waals surface area contributed by atoms with Crippen molar-refractivity contribution in [3.05, 3.63) is 24.7 Å². The largest absolute Gasteiger partial charge is 0.334 e. The smallest absolute Gasteiger partial charge is 0.253 e. The van der Waals surface area contributed by atoms with Gasteiger partial charge in [0.1, 0.15) is 0 Å². The first kappa shape index (κ1) is 5.22. The van der Waals surface area contributed by atoms with E-state index in [0.29, 0.717) is 11.5 Å². The van der Waals surface area contributed by atoms with Gasteiger partial charge in [-0.1, -0.05) is 11.7 Å². The summed E-state index contributed by atoms with van der Waals surface area (Å²) in [5, 5.41) is 7.62. The van der Waals surface area contributed by atoms with Crippen LogP contribution in [-0.4, -0.2) is 14.8 Å². The lowest BCUT2D eigenvalue weighted by Crippen LogP contribution is -1.85. The molecule has 0 N–H and O–H groups in total. The second-order valence-electron chi connectivity index (χ2n) is 1.83. The number of hydrogen-bond acceptors (Lipinski definition) is 3. The highest BCUT2D eigenvalue weighted by molar-refractivity contribution is 5.42. The third-order valence-electron chi connectivity index (χ3n) is 1.24. The van der Waals surface area contributed by atoms with E-state index in [4.69, 9.17) is 4.52 Å². The lowest BCUT2D eigenvalue weighted by molar-refractivity contribution is 0.453. The van der Waals surface area contributed by atoms with E-state index >= 15 is 0 Å². The number of fused-ring (bicyclic) bond motifs is 1. The zero-order valence-corrected chi connectivity index (χ0v) is 5.19. The molecule has 0 spiro atoms. The van der Waals surface area contributed by atoms with Crippen LogP contribution in [0, 0.1) is 0 Å². The lowest BCUT2D eigenvalue weighted by Gasteiger charge is -1.78. The molecule has 0 fully saturated rings. The van der Waals surface area contributed by atoms with E-state index in [1.165, 1.54) is 0 Å². The van der Waals surface area contributed by atoms with Gasteiger partial charge in [0, 0.05) is 6.07 Å². The number of aromatic nitrogens is 3. The van der Waals surface area contributed by atoms with Gasteiger partial charge < -0.3 is 4.52 Å². The maximum atomic E-state index is 4.86. The second kappa shape index (κ2) is 1.70. The molecular formula is C6H5N3O. The van der Waals surface area contributed by atoms with Crippen LogP contribution in [0.3, 0.4) is 0 Å². The molecule has 2 heterocycles. The highest BCUT2D eigenvalue weighted by Crippen LogP contribution is 2.04. The van der Waals surface area contributed by atoms with Crippen LogP contribution in [0.25, 0.3) is 11.8 Å². The van der Waals surface area contributed by atoms with E-state index in [-0.39, 0.29) is 0 Å². The maximum Gasteiger partial charge on any atom is 0.253 e. The van der Waals surface area contributed by atoms with E-state index < -0.39 is 0 Å². The molecule has 0 bridgehead atoms. The number of rotatable bonds is 1. The standard InChI is InChI=1S/C6H5N3O/c1-2-5-8-10-6-3-4-7-9(5)6/h2-4H,1H2. The lowest BCUT2D eigenvalue weighted by atomic mass is 10.6. The molecule has 0 unspecified atom stereocenters. The molecule has 0 aromatic carbocycles. The van der Waals surface area contributed by atoms with Gasteiger partial charge in [0.2, 0.25) is 0 Å². The van der Waals surface area contributed by atoms with Crippen LogP contribution in [0.1, 0.15) is 5.82 Å². The Kier molecular flexibility index (Phi) is 0.887. The van der Waals surface area contributed by atoms with Crippen molar-refractivity contribution >= 4 is 11.8 Å². The predicted octanol–water partition coefficient (Wildman–Crippen LogP) is 0.965. The molecule has 0 aliphatic rings. The van der Waals surface area contributed by atoms with Gasteiger partial charge in [-0.2, -0.15) is 9.61 Å². The molecule has 10 heavy (non-hydrogen) atoms. The average Bonchev–Trinajstić information content (AvgIpc) is 2.44. The van der Waals surface area contributed by atoms with Crippen molar-refractivity contribution in [1.29, 1.82) is 0 Å². The van der Waals surface area contributed by atoms with Crippen molar-refractivity contribution in [1.82, 2.24) is 14.8 Å². The van der Waals surface area contributed by atoms with Gasteiger partial charge in [-0.15, -0.1) is 0 Å². The molecule has 0 saturated carbocycles. The van der Waals surface area contributed by atoms with E-state index in [1.807, 2.05) is 0 Å². The molecule has 0 aliphatic heterocycles. The molecule has 50 valence electrons. The summed E-state index contributed by atoms with van der Waals surface area (Å²) in [7, 11) is 0. The highest BCUT2D eigenvalue weighted by Gasteiger charge is 2.01. The minimum atomic E-state index is 0.625. The minimum Gasteiger partial charge on any atom is -0.334 e. The zero-order valence-electron chi connectivity index (χ0n) is 5.19. The van der Waals surface area contributed by atoms with Crippen molar-refractivity contribution in [2.45, 2.75) is 0 Å². The van der Waals surface area contributed by atoms with Gasteiger partial charge in [-0.3, -0.25) is 0 Å². The fourth-order valence-electron chi connectivity index (χ4n) is 0.788. The molecule has 0 aliphatic carbocycles. The Bertz CT molecular complexity index is 360. The van der Waals surface area contributed by atoms with Crippen LogP contribution in [0.4, 0.5) is 0 Å². The van der Waals surface area contributed by atoms with Crippen molar-refractivity contribution in [2.75, 3.05) is 0 Å². The minimum absolute atomic E-state index is 0.625. The Hall–Kier alpha value is -1.58. The third-order valence-corrected chi connectivity index (χ3v) is 1.24. The van der Waals surface area contributed by atoms with E-state index in [0.717, 1.165) is 0 Å². The summed E-state index contributed by atoms with van der Waals surface area (Å²) in [5.74, 6) is 0.625. The van der Waals surface area contributed by atoms with Gasteiger partial charge in [0.15, 0.2) is 5.82 Å². The molecule has 4 nitrogen and oxygen atoms in total. The van der Waals surface area contributed by atoms with Crippen molar-refractivity contribution in [3.8, 4) is 0 Å². The summed E-state index contributed by atoms with van der Waals surface area (Å²) >= 11 is 0. The summed E-state index contributed by atoms with van der Waals surface area (Å²) in [6.45, 7) is 3.55. The summed E-state index contributed by atoms with van der Waals surface area (Å²) in [6.07, 6.45) is 3.23. The zero-order chi connectivity index (χ0) is 6.97. The van der Waals surface area contributed by atoms with Gasteiger partial charge in [0.05, 0.1) is 6.20 Å². The van der Waals surface area contributed by atoms with Crippen LogP contribution in [0.15, 0.2) is 23.4 Å². The molecular weight excluding hydrogens is 130 g/mol.